The van der Waals surface area contributed by atoms with Crippen molar-refractivity contribution < 1.29 is 4.74 Å². The van der Waals surface area contributed by atoms with E-state index in [-0.39, 0.29) is 0 Å². The summed E-state index contributed by atoms with van der Waals surface area (Å²) in [5.74, 6) is 0.782. The van der Waals surface area contributed by atoms with Crippen molar-refractivity contribution in [3.63, 3.8) is 0 Å². The van der Waals surface area contributed by atoms with Gasteiger partial charge in [0.2, 0.25) is 0 Å². The van der Waals surface area contributed by atoms with Gasteiger partial charge in [-0.1, -0.05) is 6.92 Å². The van der Waals surface area contributed by atoms with Gasteiger partial charge in [0, 0.05) is 12.6 Å². The monoisotopic (exact) mass is 228 g/mol. The molecule has 1 aliphatic carbocycles. The Labute approximate surface area is 100 Å². The van der Waals surface area contributed by atoms with Crippen LogP contribution in [0.1, 0.15) is 46.0 Å². The molecule has 0 aromatic heterocycles. The lowest BCUT2D eigenvalue weighted by Gasteiger charge is -2.35. The first kappa shape index (κ1) is 13.9. The van der Waals surface area contributed by atoms with Gasteiger partial charge in [-0.05, 0) is 58.0 Å². The first-order valence-corrected chi connectivity index (χ1v) is 6.81. The molecule has 0 aromatic carbocycles. The molecule has 0 heterocycles. The molecule has 16 heavy (non-hydrogen) atoms. The van der Waals surface area contributed by atoms with E-state index >= 15 is 0 Å². The Balaban J connectivity index is 1.86. The molecule has 0 saturated heterocycles. The van der Waals surface area contributed by atoms with E-state index in [1.54, 1.807) is 0 Å². The van der Waals surface area contributed by atoms with Crippen molar-refractivity contribution in [2.75, 3.05) is 19.7 Å². The molecule has 3 nitrogen and oxygen atoms in total. The molecule has 0 bridgehead atoms. The van der Waals surface area contributed by atoms with E-state index in [0.29, 0.717) is 12.1 Å². The molecule has 1 aliphatic rings. The Morgan fingerprint density at radius 2 is 2.12 bits per heavy atom. The van der Waals surface area contributed by atoms with Crippen molar-refractivity contribution in [1.29, 1.82) is 0 Å². The number of hydrogen-bond acceptors (Lipinski definition) is 3. The number of nitrogens with one attached hydrogen (secondary N) is 1. The Kier molecular flexibility index (Phi) is 7.01. The molecule has 0 aromatic rings. The highest BCUT2D eigenvalue weighted by Gasteiger charge is 2.28. The summed E-state index contributed by atoms with van der Waals surface area (Å²) in [5.41, 5.74) is 5.53. The van der Waals surface area contributed by atoms with Gasteiger partial charge in [0.05, 0.1) is 6.10 Å². The number of nitrogens with two attached hydrogens (primary N) is 1. The molecular formula is C13H28N2O. The molecule has 0 radical (unpaired) electrons. The predicted molar refractivity (Wildman–Crippen MR) is 68.5 cm³/mol. The molecule has 1 unspecified atom stereocenters. The molecule has 0 spiro atoms. The van der Waals surface area contributed by atoms with E-state index in [9.17, 15) is 0 Å². The Morgan fingerprint density at radius 3 is 2.75 bits per heavy atom. The van der Waals surface area contributed by atoms with E-state index in [2.05, 4.69) is 19.2 Å². The standard InChI is InChI=1S/C13H28N2O/c1-3-16-13-9-12(10-13)15-8-4-5-11(2)6-7-14/h11-13,15H,3-10,14H2,1-2H3. The van der Waals surface area contributed by atoms with E-state index in [1.807, 2.05) is 0 Å². The maximum Gasteiger partial charge on any atom is 0.0604 e. The lowest BCUT2D eigenvalue weighted by Crippen LogP contribution is -2.45. The van der Waals surface area contributed by atoms with Gasteiger partial charge in [-0.15, -0.1) is 0 Å². The summed E-state index contributed by atoms with van der Waals surface area (Å²) < 4.78 is 5.53. The molecular weight excluding hydrogens is 200 g/mol. The quantitative estimate of drug-likeness (QED) is 0.593. The maximum absolute atomic E-state index is 5.53. The highest BCUT2D eigenvalue weighted by molar-refractivity contribution is 4.85. The van der Waals surface area contributed by atoms with Crippen molar-refractivity contribution >= 4 is 0 Å². The van der Waals surface area contributed by atoms with Crippen molar-refractivity contribution in [1.82, 2.24) is 5.32 Å². The van der Waals surface area contributed by atoms with Crippen molar-refractivity contribution in [2.45, 2.75) is 58.1 Å². The lowest BCUT2D eigenvalue weighted by atomic mass is 9.89. The second-order valence-electron chi connectivity index (χ2n) is 5.02. The lowest BCUT2D eigenvalue weighted by molar-refractivity contribution is -0.00980. The summed E-state index contributed by atoms with van der Waals surface area (Å²) in [4.78, 5) is 0. The molecule has 3 N–H and O–H groups in total. The summed E-state index contributed by atoms with van der Waals surface area (Å²) in [7, 11) is 0. The fraction of sp³-hybridized carbons (Fsp3) is 1.00. The van der Waals surface area contributed by atoms with Crippen LogP contribution < -0.4 is 11.1 Å². The minimum Gasteiger partial charge on any atom is -0.378 e. The van der Waals surface area contributed by atoms with Crippen LogP contribution >= 0.6 is 0 Å². The highest BCUT2D eigenvalue weighted by Crippen LogP contribution is 2.23. The van der Waals surface area contributed by atoms with E-state index in [4.69, 9.17) is 10.5 Å². The fourth-order valence-electron chi connectivity index (χ4n) is 2.29. The average Bonchev–Trinajstić information content (AvgIpc) is 2.20. The van der Waals surface area contributed by atoms with Gasteiger partial charge in [-0.2, -0.15) is 0 Å². The zero-order valence-corrected chi connectivity index (χ0v) is 10.9. The van der Waals surface area contributed by atoms with Gasteiger partial charge in [-0.25, -0.2) is 0 Å². The van der Waals surface area contributed by atoms with Crippen LogP contribution in [0.2, 0.25) is 0 Å². The van der Waals surface area contributed by atoms with Gasteiger partial charge < -0.3 is 15.8 Å². The van der Waals surface area contributed by atoms with Crippen LogP contribution in [0.4, 0.5) is 0 Å². The van der Waals surface area contributed by atoms with Crippen molar-refractivity contribution in [3.8, 4) is 0 Å². The Bertz CT molecular complexity index is 169. The summed E-state index contributed by atoms with van der Waals surface area (Å²) in [6, 6.07) is 0.710. The van der Waals surface area contributed by atoms with Crippen molar-refractivity contribution in [3.05, 3.63) is 0 Å². The Morgan fingerprint density at radius 1 is 1.38 bits per heavy atom. The van der Waals surface area contributed by atoms with Crippen LogP contribution in [0, 0.1) is 5.92 Å². The normalized spacial score (nSPS) is 26.4. The zero-order chi connectivity index (χ0) is 11.8. The summed E-state index contributed by atoms with van der Waals surface area (Å²) in [6.45, 7) is 7.20. The van der Waals surface area contributed by atoms with Gasteiger partial charge in [0.25, 0.3) is 0 Å². The number of ether oxygens (including phenoxy) is 1. The molecule has 96 valence electrons. The fourth-order valence-corrected chi connectivity index (χ4v) is 2.29. The molecule has 1 saturated carbocycles. The topological polar surface area (TPSA) is 47.3 Å². The third-order valence-electron chi connectivity index (χ3n) is 3.46. The first-order valence-electron chi connectivity index (χ1n) is 6.81. The molecule has 1 fully saturated rings. The van der Waals surface area contributed by atoms with Crippen molar-refractivity contribution in [2.24, 2.45) is 11.7 Å². The van der Waals surface area contributed by atoms with Crippen LogP contribution in [0.3, 0.4) is 0 Å². The maximum atomic E-state index is 5.53. The predicted octanol–water partition coefficient (Wildman–Crippen LogP) is 1.91. The van der Waals surface area contributed by atoms with E-state index in [1.165, 1.54) is 25.7 Å². The average molecular weight is 228 g/mol. The van der Waals surface area contributed by atoms with Gasteiger partial charge in [0.15, 0.2) is 0 Å². The van der Waals surface area contributed by atoms with Gasteiger partial charge in [-0.3, -0.25) is 0 Å². The van der Waals surface area contributed by atoms with Gasteiger partial charge >= 0.3 is 0 Å². The second kappa shape index (κ2) is 8.04. The van der Waals surface area contributed by atoms with Crippen LogP contribution in [0.5, 0.6) is 0 Å². The summed E-state index contributed by atoms with van der Waals surface area (Å²) >= 11 is 0. The minimum absolute atomic E-state index is 0.527. The minimum atomic E-state index is 0.527. The summed E-state index contributed by atoms with van der Waals surface area (Å²) in [5, 5.41) is 3.59. The van der Waals surface area contributed by atoms with Gasteiger partial charge in [0.1, 0.15) is 0 Å². The smallest absolute Gasteiger partial charge is 0.0604 e. The molecule has 1 rings (SSSR count). The largest absolute Gasteiger partial charge is 0.378 e. The number of hydrogen-bond donors (Lipinski definition) is 2. The zero-order valence-electron chi connectivity index (χ0n) is 10.9. The van der Waals surface area contributed by atoms with E-state index < -0.39 is 0 Å². The molecule has 1 atom stereocenters. The first-order chi connectivity index (χ1) is 7.76. The Hall–Kier alpha value is -0.120. The van der Waals surface area contributed by atoms with Crippen LogP contribution in [0.15, 0.2) is 0 Å². The SMILES string of the molecule is CCOC1CC(NCCCC(C)CCN)C1. The second-order valence-corrected chi connectivity index (χ2v) is 5.02. The summed E-state index contributed by atoms with van der Waals surface area (Å²) in [6.07, 6.45) is 6.66. The third-order valence-corrected chi connectivity index (χ3v) is 3.46. The number of rotatable bonds is 9. The highest BCUT2D eigenvalue weighted by atomic mass is 16.5. The molecule has 3 heteroatoms. The van der Waals surface area contributed by atoms with Crippen LogP contribution in [-0.2, 0) is 4.74 Å². The third kappa shape index (κ3) is 5.28. The van der Waals surface area contributed by atoms with Crippen LogP contribution in [-0.4, -0.2) is 31.8 Å². The van der Waals surface area contributed by atoms with Crippen LogP contribution in [0.25, 0.3) is 0 Å². The molecule has 0 aliphatic heterocycles. The van der Waals surface area contributed by atoms with E-state index in [0.717, 1.165) is 32.0 Å². The molecule has 0 amide bonds.